The Kier molecular flexibility index (Phi) is 5.90. The number of nitrogens with zero attached hydrogens (tertiary/aromatic N) is 1. The lowest BCUT2D eigenvalue weighted by Gasteiger charge is -2.31. The van der Waals surface area contributed by atoms with Gasteiger partial charge in [-0.1, -0.05) is 6.92 Å². The minimum atomic E-state index is -0.106. The van der Waals surface area contributed by atoms with Gasteiger partial charge in [0.05, 0.1) is 6.61 Å². The standard InChI is InChI=1S/C14H30N2O/c1-5-13-8-7-12(2)16(13)10-6-9-14(3,11-17)15-4/h12-13,15,17H,5-11H2,1-4H3. The van der Waals surface area contributed by atoms with E-state index in [1.807, 2.05) is 7.05 Å². The lowest BCUT2D eigenvalue weighted by molar-refractivity contribution is 0.151. The van der Waals surface area contributed by atoms with Crippen LogP contribution in [-0.2, 0) is 0 Å². The predicted octanol–water partition coefficient (Wildman–Crippen LogP) is 2.00. The van der Waals surface area contributed by atoms with Gasteiger partial charge in [-0.15, -0.1) is 0 Å². The second-order valence-electron chi connectivity index (χ2n) is 5.80. The van der Waals surface area contributed by atoms with Crippen molar-refractivity contribution >= 4 is 0 Å². The van der Waals surface area contributed by atoms with E-state index in [1.165, 1.54) is 32.2 Å². The van der Waals surface area contributed by atoms with Crippen molar-refractivity contribution in [2.75, 3.05) is 20.2 Å². The molecule has 0 saturated carbocycles. The lowest BCUT2D eigenvalue weighted by atomic mass is 9.97. The summed E-state index contributed by atoms with van der Waals surface area (Å²) in [5.41, 5.74) is -0.106. The van der Waals surface area contributed by atoms with Crippen LogP contribution in [0, 0.1) is 0 Å². The van der Waals surface area contributed by atoms with Gasteiger partial charge < -0.3 is 10.4 Å². The zero-order valence-electron chi connectivity index (χ0n) is 12.0. The molecule has 0 amide bonds. The highest BCUT2D eigenvalue weighted by Crippen LogP contribution is 2.26. The van der Waals surface area contributed by atoms with Gasteiger partial charge in [-0.2, -0.15) is 0 Å². The van der Waals surface area contributed by atoms with Gasteiger partial charge in [-0.25, -0.2) is 0 Å². The van der Waals surface area contributed by atoms with Crippen LogP contribution in [0.4, 0.5) is 0 Å². The van der Waals surface area contributed by atoms with Crippen LogP contribution in [0.15, 0.2) is 0 Å². The van der Waals surface area contributed by atoms with Gasteiger partial charge in [0.1, 0.15) is 0 Å². The fourth-order valence-corrected chi connectivity index (χ4v) is 2.90. The quantitative estimate of drug-likeness (QED) is 0.717. The first-order chi connectivity index (χ1) is 8.06. The molecule has 0 aromatic heterocycles. The number of aliphatic hydroxyl groups is 1. The van der Waals surface area contributed by atoms with E-state index in [1.54, 1.807) is 0 Å². The highest BCUT2D eigenvalue weighted by molar-refractivity contribution is 4.86. The molecule has 1 aliphatic heterocycles. The maximum absolute atomic E-state index is 9.35. The molecule has 1 heterocycles. The van der Waals surface area contributed by atoms with Gasteiger partial charge >= 0.3 is 0 Å². The maximum atomic E-state index is 9.35. The van der Waals surface area contributed by atoms with Crippen molar-refractivity contribution in [2.24, 2.45) is 0 Å². The van der Waals surface area contributed by atoms with Gasteiger partial charge in [0.25, 0.3) is 0 Å². The molecule has 3 nitrogen and oxygen atoms in total. The van der Waals surface area contributed by atoms with Crippen molar-refractivity contribution in [3.05, 3.63) is 0 Å². The number of nitrogens with one attached hydrogen (secondary N) is 1. The molecular formula is C14H30N2O. The summed E-state index contributed by atoms with van der Waals surface area (Å²) in [6.45, 7) is 8.13. The average molecular weight is 242 g/mol. The molecule has 0 spiro atoms. The SMILES string of the molecule is CCC1CCC(C)N1CCCC(C)(CO)NC. The number of likely N-dealkylation sites (tertiary alicyclic amines) is 1. The van der Waals surface area contributed by atoms with Crippen LogP contribution in [0.1, 0.15) is 52.9 Å². The van der Waals surface area contributed by atoms with Gasteiger partial charge in [-0.3, -0.25) is 4.90 Å². The fourth-order valence-electron chi connectivity index (χ4n) is 2.90. The van der Waals surface area contributed by atoms with Crippen molar-refractivity contribution in [1.82, 2.24) is 10.2 Å². The first kappa shape index (κ1) is 14.9. The van der Waals surface area contributed by atoms with Crippen LogP contribution in [0.25, 0.3) is 0 Å². The molecule has 102 valence electrons. The summed E-state index contributed by atoms with van der Waals surface area (Å²) >= 11 is 0. The third kappa shape index (κ3) is 3.94. The minimum absolute atomic E-state index is 0.106. The molecule has 1 aliphatic rings. The van der Waals surface area contributed by atoms with Crippen LogP contribution in [0.2, 0.25) is 0 Å². The second-order valence-corrected chi connectivity index (χ2v) is 5.80. The van der Waals surface area contributed by atoms with E-state index >= 15 is 0 Å². The number of hydrogen-bond acceptors (Lipinski definition) is 3. The summed E-state index contributed by atoms with van der Waals surface area (Å²) in [4.78, 5) is 2.66. The summed E-state index contributed by atoms with van der Waals surface area (Å²) in [5.74, 6) is 0. The molecule has 1 fully saturated rings. The van der Waals surface area contributed by atoms with Crippen molar-refractivity contribution in [1.29, 1.82) is 0 Å². The largest absolute Gasteiger partial charge is 0.394 e. The normalized spacial score (nSPS) is 29.5. The second kappa shape index (κ2) is 6.72. The molecular weight excluding hydrogens is 212 g/mol. The topological polar surface area (TPSA) is 35.5 Å². The Morgan fingerprint density at radius 1 is 1.41 bits per heavy atom. The highest BCUT2D eigenvalue weighted by Gasteiger charge is 2.29. The number of aliphatic hydroxyl groups excluding tert-OH is 1. The molecule has 3 atom stereocenters. The van der Waals surface area contributed by atoms with Crippen LogP contribution >= 0.6 is 0 Å². The fraction of sp³-hybridized carbons (Fsp3) is 1.00. The highest BCUT2D eigenvalue weighted by atomic mass is 16.3. The Hall–Kier alpha value is -0.120. The minimum Gasteiger partial charge on any atom is -0.394 e. The third-order valence-electron chi connectivity index (χ3n) is 4.52. The van der Waals surface area contributed by atoms with Crippen LogP contribution in [0.3, 0.4) is 0 Å². The maximum Gasteiger partial charge on any atom is 0.0610 e. The van der Waals surface area contributed by atoms with Crippen LogP contribution in [-0.4, -0.2) is 47.8 Å². The summed E-state index contributed by atoms with van der Waals surface area (Å²) in [6.07, 6.45) is 6.19. The van der Waals surface area contributed by atoms with E-state index in [2.05, 4.69) is 31.0 Å². The summed E-state index contributed by atoms with van der Waals surface area (Å²) in [5, 5.41) is 12.6. The Bertz CT molecular complexity index is 216. The lowest BCUT2D eigenvalue weighted by Crippen LogP contribution is -2.44. The van der Waals surface area contributed by atoms with E-state index in [0.717, 1.165) is 18.5 Å². The van der Waals surface area contributed by atoms with Gasteiger partial charge in [0.15, 0.2) is 0 Å². The zero-order chi connectivity index (χ0) is 12.9. The molecule has 0 aliphatic carbocycles. The Labute approximate surface area is 107 Å². The van der Waals surface area contributed by atoms with Gasteiger partial charge in [0.2, 0.25) is 0 Å². The summed E-state index contributed by atoms with van der Waals surface area (Å²) in [6, 6.07) is 1.54. The Morgan fingerprint density at radius 3 is 2.65 bits per heavy atom. The van der Waals surface area contributed by atoms with Crippen molar-refractivity contribution in [2.45, 2.75) is 70.5 Å². The van der Waals surface area contributed by atoms with Crippen molar-refractivity contribution in [3.8, 4) is 0 Å². The monoisotopic (exact) mass is 242 g/mol. The Morgan fingerprint density at radius 2 is 2.12 bits per heavy atom. The molecule has 1 saturated heterocycles. The van der Waals surface area contributed by atoms with E-state index in [9.17, 15) is 5.11 Å². The van der Waals surface area contributed by atoms with Crippen LogP contribution < -0.4 is 5.32 Å². The first-order valence-electron chi connectivity index (χ1n) is 7.12. The molecule has 0 radical (unpaired) electrons. The van der Waals surface area contributed by atoms with E-state index in [4.69, 9.17) is 0 Å². The molecule has 0 bridgehead atoms. The molecule has 3 heteroatoms. The van der Waals surface area contributed by atoms with E-state index in [-0.39, 0.29) is 12.1 Å². The molecule has 0 aromatic carbocycles. The van der Waals surface area contributed by atoms with Gasteiger partial charge in [-0.05, 0) is 59.5 Å². The third-order valence-corrected chi connectivity index (χ3v) is 4.52. The number of likely N-dealkylation sites (N-methyl/N-ethyl adjacent to an activating group) is 1. The molecule has 17 heavy (non-hydrogen) atoms. The predicted molar refractivity (Wildman–Crippen MR) is 73.3 cm³/mol. The molecule has 3 unspecified atom stereocenters. The zero-order valence-corrected chi connectivity index (χ0v) is 12.0. The van der Waals surface area contributed by atoms with Crippen molar-refractivity contribution < 1.29 is 5.11 Å². The van der Waals surface area contributed by atoms with Crippen LogP contribution in [0.5, 0.6) is 0 Å². The summed E-state index contributed by atoms with van der Waals surface area (Å²) in [7, 11) is 1.93. The Balaban J connectivity index is 2.34. The average Bonchev–Trinajstić information content (AvgIpc) is 2.70. The van der Waals surface area contributed by atoms with Gasteiger partial charge in [0, 0.05) is 17.6 Å². The van der Waals surface area contributed by atoms with E-state index in [0.29, 0.717) is 0 Å². The van der Waals surface area contributed by atoms with E-state index < -0.39 is 0 Å². The summed E-state index contributed by atoms with van der Waals surface area (Å²) < 4.78 is 0. The molecule has 2 N–H and O–H groups in total. The number of hydrogen-bond donors (Lipinski definition) is 2. The number of rotatable bonds is 7. The molecule has 1 rings (SSSR count). The molecule has 0 aromatic rings. The van der Waals surface area contributed by atoms with Crippen molar-refractivity contribution in [3.63, 3.8) is 0 Å². The smallest absolute Gasteiger partial charge is 0.0610 e. The first-order valence-corrected chi connectivity index (χ1v) is 7.12.